The van der Waals surface area contributed by atoms with Gasteiger partial charge < -0.3 is 15.2 Å². The minimum atomic E-state index is -0.890. The van der Waals surface area contributed by atoms with Gasteiger partial charge in [-0.25, -0.2) is 4.79 Å². The van der Waals surface area contributed by atoms with E-state index in [9.17, 15) is 15.0 Å². The second-order valence-corrected chi connectivity index (χ2v) is 8.36. The molecule has 0 radical (unpaired) electrons. The monoisotopic (exact) mass is 402 g/mol. The van der Waals surface area contributed by atoms with Crippen molar-refractivity contribution in [3.05, 3.63) is 76.5 Å². The number of fused-ring (bicyclic) bond motifs is 3. The minimum Gasteiger partial charge on any atom is -0.478 e. The number of aryl methyl sites for hydroxylation is 1. The summed E-state index contributed by atoms with van der Waals surface area (Å²) in [7, 11) is 0. The van der Waals surface area contributed by atoms with Crippen LogP contribution in [0.2, 0.25) is 0 Å². The minimum absolute atomic E-state index is 0.330. The summed E-state index contributed by atoms with van der Waals surface area (Å²) in [5.74, 6) is -0.890. The maximum atomic E-state index is 11.3. The van der Waals surface area contributed by atoms with Gasteiger partial charge in [0, 0.05) is 30.2 Å². The maximum Gasteiger partial charge on any atom is 0.335 e. The van der Waals surface area contributed by atoms with Gasteiger partial charge in [0.2, 0.25) is 0 Å². The second-order valence-electron chi connectivity index (χ2n) is 8.36. The summed E-state index contributed by atoms with van der Waals surface area (Å²) in [6.45, 7) is 2.90. The van der Waals surface area contributed by atoms with Crippen molar-refractivity contribution in [2.75, 3.05) is 19.6 Å². The van der Waals surface area contributed by atoms with Crippen LogP contribution >= 0.6 is 0 Å². The number of carbonyl (C=O) groups is 1. The van der Waals surface area contributed by atoms with Gasteiger partial charge in [0.25, 0.3) is 0 Å². The molecule has 154 valence electrons. The topological polar surface area (TPSA) is 76.6 Å². The van der Waals surface area contributed by atoms with Crippen LogP contribution in [-0.4, -0.2) is 45.7 Å². The molecule has 1 aromatic heterocycles. The molecule has 0 saturated heterocycles. The third-order valence-electron chi connectivity index (χ3n) is 6.55. The van der Waals surface area contributed by atoms with Gasteiger partial charge in [-0.05, 0) is 78.3 Å². The molecule has 5 rings (SSSR count). The highest BCUT2D eigenvalue weighted by Crippen LogP contribution is 2.44. The average molecular weight is 402 g/mol. The molecule has 1 aliphatic carbocycles. The number of H-pyrrole nitrogens is 1. The molecular weight excluding hydrogens is 376 g/mol. The normalized spacial score (nSPS) is 18.6. The van der Waals surface area contributed by atoms with Gasteiger partial charge in [0.1, 0.15) is 6.10 Å². The van der Waals surface area contributed by atoms with Gasteiger partial charge in [-0.15, -0.1) is 0 Å². The van der Waals surface area contributed by atoms with Crippen LogP contribution in [-0.2, 0) is 6.42 Å². The first-order valence-corrected chi connectivity index (χ1v) is 10.7. The smallest absolute Gasteiger partial charge is 0.335 e. The number of aliphatic hydroxyl groups is 1. The van der Waals surface area contributed by atoms with E-state index in [1.54, 1.807) is 12.1 Å². The molecule has 2 aromatic carbocycles. The predicted molar refractivity (Wildman–Crippen MR) is 118 cm³/mol. The maximum absolute atomic E-state index is 11.3. The van der Waals surface area contributed by atoms with Gasteiger partial charge in [-0.3, -0.25) is 4.90 Å². The van der Waals surface area contributed by atoms with E-state index in [0.717, 1.165) is 61.8 Å². The number of benzene rings is 2. The number of carboxylic acids is 1. The molecule has 0 saturated carbocycles. The highest BCUT2D eigenvalue weighted by Gasteiger charge is 2.32. The summed E-state index contributed by atoms with van der Waals surface area (Å²) in [4.78, 5) is 16.9. The first-order valence-electron chi connectivity index (χ1n) is 10.7. The Morgan fingerprint density at radius 1 is 1.17 bits per heavy atom. The van der Waals surface area contributed by atoms with Gasteiger partial charge >= 0.3 is 5.97 Å². The van der Waals surface area contributed by atoms with E-state index in [0.29, 0.717) is 5.56 Å². The Morgan fingerprint density at radius 2 is 2.03 bits per heavy atom. The number of aromatic amines is 1. The first-order chi connectivity index (χ1) is 14.6. The zero-order valence-electron chi connectivity index (χ0n) is 16.9. The van der Waals surface area contributed by atoms with Crippen molar-refractivity contribution >= 4 is 22.4 Å². The Bertz CT molecular complexity index is 1140. The molecule has 2 heterocycles. The van der Waals surface area contributed by atoms with Crippen LogP contribution in [0.3, 0.4) is 0 Å². The zero-order valence-corrected chi connectivity index (χ0v) is 16.9. The van der Waals surface area contributed by atoms with Crippen LogP contribution in [0, 0.1) is 0 Å². The van der Waals surface area contributed by atoms with Crippen molar-refractivity contribution in [1.29, 1.82) is 0 Å². The lowest BCUT2D eigenvalue weighted by atomic mass is 9.98. The Balaban J connectivity index is 1.18. The number of rotatable bonds is 6. The molecule has 30 heavy (non-hydrogen) atoms. The van der Waals surface area contributed by atoms with Crippen molar-refractivity contribution in [2.24, 2.45) is 0 Å². The van der Waals surface area contributed by atoms with Gasteiger partial charge in [0.05, 0.1) is 5.56 Å². The summed E-state index contributed by atoms with van der Waals surface area (Å²) in [6, 6.07) is 13.5. The molecule has 1 atom stereocenters. The molecule has 2 aliphatic rings. The number of carboxylic acid groups (broad SMARTS) is 1. The Labute approximate surface area is 175 Å². The lowest BCUT2D eigenvalue weighted by Crippen LogP contribution is -2.32. The third kappa shape index (κ3) is 3.34. The number of hydrogen-bond donors (Lipinski definition) is 3. The summed E-state index contributed by atoms with van der Waals surface area (Å²) >= 11 is 0. The van der Waals surface area contributed by atoms with E-state index in [1.807, 2.05) is 24.4 Å². The van der Waals surface area contributed by atoms with Crippen LogP contribution in [0.15, 0.2) is 54.2 Å². The van der Waals surface area contributed by atoms with Crippen LogP contribution in [0.25, 0.3) is 16.5 Å². The zero-order chi connectivity index (χ0) is 20.7. The average Bonchev–Trinajstić information content (AvgIpc) is 3.30. The molecule has 5 nitrogen and oxygen atoms in total. The molecular formula is C25H26N2O3. The van der Waals surface area contributed by atoms with Crippen molar-refractivity contribution < 1.29 is 15.0 Å². The molecule has 0 fully saturated rings. The second kappa shape index (κ2) is 7.74. The SMILES string of the molecule is O=C(O)c1ccc2[nH]cc(CCCCN3CCC4=C(C3)C(O)c3ccccc34)c2c1. The van der Waals surface area contributed by atoms with Crippen LogP contribution in [0.1, 0.15) is 52.4 Å². The largest absolute Gasteiger partial charge is 0.478 e. The van der Waals surface area contributed by atoms with E-state index in [-0.39, 0.29) is 0 Å². The number of nitrogens with zero attached hydrogens (tertiary/aromatic N) is 1. The van der Waals surface area contributed by atoms with Gasteiger partial charge in [0.15, 0.2) is 0 Å². The van der Waals surface area contributed by atoms with E-state index in [1.165, 1.54) is 22.3 Å². The summed E-state index contributed by atoms with van der Waals surface area (Å²) < 4.78 is 0. The molecule has 5 heteroatoms. The van der Waals surface area contributed by atoms with Crippen molar-refractivity contribution in [1.82, 2.24) is 9.88 Å². The highest BCUT2D eigenvalue weighted by atomic mass is 16.4. The predicted octanol–water partition coefficient (Wildman–Crippen LogP) is 4.40. The Morgan fingerprint density at radius 3 is 2.90 bits per heavy atom. The molecule has 0 amide bonds. The van der Waals surface area contributed by atoms with E-state index in [4.69, 9.17) is 0 Å². The molecule has 0 bridgehead atoms. The third-order valence-corrected chi connectivity index (χ3v) is 6.55. The van der Waals surface area contributed by atoms with Crippen molar-refractivity contribution in [3.8, 4) is 0 Å². The quantitative estimate of drug-likeness (QED) is 0.534. The van der Waals surface area contributed by atoms with Crippen LogP contribution in [0.4, 0.5) is 0 Å². The van der Waals surface area contributed by atoms with Crippen LogP contribution < -0.4 is 0 Å². The molecule has 1 unspecified atom stereocenters. The number of aromatic nitrogens is 1. The first kappa shape index (κ1) is 19.1. The van der Waals surface area contributed by atoms with Crippen molar-refractivity contribution in [3.63, 3.8) is 0 Å². The Kier molecular flexibility index (Phi) is 4.93. The number of aliphatic hydroxyl groups excluding tert-OH is 1. The lowest BCUT2D eigenvalue weighted by molar-refractivity contribution is 0.0697. The van der Waals surface area contributed by atoms with Crippen molar-refractivity contribution in [2.45, 2.75) is 31.8 Å². The summed E-state index contributed by atoms with van der Waals surface area (Å²) in [5, 5.41) is 21.0. The fraction of sp³-hybridized carbons (Fsp3) is 0.320. The Hall–Kier alpha value is -2.89. The fourth-order valence-electron chi connectivity index (χ4n) is 4.96. The highest BCUT2D eigenvalue weighted by molar-refractivity contribution is 5.94. The summed E-state index contributed by atoms with van der Waals surface area (Å²) in [5.41, 5.74) is 7.32. The molecule has 1 aliphatic heterocycles. The molecule has 3 aromatic rings. The standard InChI is InChI=1S/C25H26N2O3/c28-24-20-7-2-1-6-18(20)19-10-12-27(15-22(19)24)11-4-3-5-17-14-26-23-9-8-16(25(29)30)13-21(17)23/h1-2,6-9,13-14,24,26,28H,3-5,10-12,15H2,(H,29,30). The van der Waals surface area contributed by atoms with Crippen LogP contribution in [0.5, 0.6) is 0 Å². The van der Waals surface area contributed by atoms with E-state index < -0.39 is 12.1 Å². The molecule has 0 spiro atoms. The van der Waals surface area contributed by atoms with E-state index in [2.05, 4.69) is 22.0 Å². The number of aromatic carboxylic acids is 1. The van der Waals surface area contributed by atoms with E-state index >= 15 is 0 Å². The fourth-order valence-corrected chi connectivity index (χ4v) is 4.96. The number of nitrogens with one attached hydrogen (secondary N) is 1. The lowest BCUT2D eigenvalue weighted by Gasteiger charge is -2.29. The summed E-state index contributed by atoms with van der Waals surface area (Å²) in [6.07, 6.45) is 5.61. The van der Waals surface area contributed by atoms with Gasteiger partial charge in [-0.2, -0.15) is 0 Å². The van der Waals surface area contributed by atoms with Gasteiger partial charge in [-0.1, -0.05) is 24.3 Å². The number of hydrogen-bond acceptors (Lipinski definition) is 3. The molecule has 3 N–H and O–H groups in total. The number of unbranched alkanes of at least 4 members (excludes halogenated alkanes) is 1.